The molecule has 1 saturated carbocycles. The predicted octanol–water partition coefficient (Wildman–Crippen LogP) is 3.37. The lowest BCUT2D eigenvalue weighted by Crippen LogP contribution is -2.35. The summed E-state index contributed by atoms with van der Waals surface area (Å²) < 4.78 is 0. The van der Waals surface area contributed by atoms with Crippen molar-refractivity contribution in [2.75, 3.05) is 6.54 Å². The number of halogens is 1. The second-order valence-corrected chi connectivity index (χ2v) is 8.94. The zero-order valence-electron chi connectivity index (χ0n) is 18.8. The number of carboxylic acid groups (broad SMARTS) is 1. The predicted molar refractivity (Wildman–Crippen MR) is 128 cm³/mol. The van der Waals surface area contributed by atoms with Gasteiger partial charge in [-0.25, -0.2) is 4.98 Å². The number of carbonyl (C=O) groups is 3. The summed E-state index contributed by atoms with van der Waals surface area (Å²) in [5.41, 5.74) is 2.27. The van der Waals surface area contributed by atoms with Crippen LogP contribution in [-0.2, 0) is 10.3 Å². The van der Waals surface area contributed by atoms with Crippen LogP contribution in [0.5, 0.6) is 5.88 Å². The molecule has 1 aliphatic rings. The topological polar surface area (TPSA) is 142 Å². The van der Waals surface area contributed by atoms with Crippen molar-refractivity contribution < 1.29 is 24.6 Å². The van der Waals surface area contributed by atoms with E-state index in [0.717, 1.165) is 35.7 Å². The Hall–Kier alpha value is -3.98. The molecule has 3 aromatic rings. The van der Waals surface area contributed by atoms with E-state index in [1.54, 1.807) is 0 Å². The average Bonchev–Trinajstić information content (AvgIpc) is 3.63. The first-order valence-electron chi connectivity index (χ1n) is 10.9. The molecule has 1 atom stereocenters. The highest BCUT2D eigenvalue weighted by molar-refractivity contribution is 6.30. The van der Waals surface area contributed by atoms with E-state index in [-0.39, 0.29) is 17.9 Å². The number of carbonyl (C=O) groups excluding carboxylic acids is 2. The lowest BCUT2D eigenvalue weighted by molar-refractivity contribution is -0.140. The molecule has 1 aromatic heterocycles. The van der Waals surface area contributed by atoms with Gasteiger partial charge in [-0.15, -0.1) is 0 Å². The van der Waals surface area contributed by atoms with Crippen LogP contribution in [0.1, 0.15) is 46.3 Å². The van der Waals surface area contributed by atoms with Crippen molar-refractivity contribution in [3.63, 3.8) is 0 Å². The summed E-state index contributed by atoms with van der Waals surface area (Å²) in [6, 6.07) is 15.4. The highest BCUT2D eigenvalue weighted by atomic mass is 35.5. The van der Waals surface area contributed by atoms with Gasteiger partial charge < -0.3 is 20.8 Å². The fraction of sp³-hybridized carbons (Fsp3) is 0.240. The fourth-order valence-electron chi connectivity index (χ4n) is 3.57. The van der Waals surface area contributed by atoms with Crippen molar-refractivity contribution in [3.8, 4) is 17.0 Å². The van der Waals surface area contributed by atoms with Crippen LogP contribution >= 0.6 is 11.6 Å². The SMILES string of the molecule is C[C@@H](CNC(=O)c1ncc(C(=O)NC2(c3ccc(-c4ccc(Cl)cc4)cc3)CC2)c(O)n1)C(=O)O. The molecule has 0 radical (unpaired) electrons. The molecule has 4 rings (SSSR count). The highest BCUT2D eigenvalue weighted by Gasteiger charge is 2.46. The first-order valence-corrected chi connectivity index (χ1v) is 11.3. The monoisotopic (exact) mass is 494 g/mol. The molecular weight excluding hydrogens is 472 g/mol. The molecule has 9 nitrogen and oxygen atoms in total. The maximum atomic E-state index is 12.9. The van der Waals surface area contributed by atoms with Crippen LogP contribution in [0.3, 0.4) is 0 Å². The average molecular weight is 495 g/mol. The van der Waals surface area contributed by atoms with Gasteiger partial charge in [0, 0.05) is 17.8 Å². The van der Waals surface area contributed by atoms with Gasteiger partial charge in [-0.05, 0) is 41.7 Å². The van der Waals surface area contributed by atoms with E-state index < -0.39 is 35.1 Å². The third-order valence-corrected chi connectivity index (χ3v) is 6.18. The molecule has 1 aliphatic carbocycles. The normalized spacial score (nSPS) is 14.6. The fourth-order valence-corrected chi connectivity index (χ4v) is 3.70. The van der Waals surface area contributed by atoms with E-state index in [4.69, 9.17) is 16.7 Å². The van der Waals surface area contributed by atoms with Gasteiger partial charge in [0.05, 0.1) is 11.5 Å². The quantitative estimate of drug-likeness (QED) is 0.376. The first kappa shape index (κ1) is 24.2. The Morgan fingerprint density at radius 3 is 2.17 bits per heavy atom. The molecule has 2 amide bonds. The van der Waals surface area contributed by atoms with Crippen molar-refractivity contribution in [2.24, 2.45) is 5.92 Å². The van der Waals surface area contributed by atoms with Gasteiger partial charge in [0.1, 0.15) is 5.56 Å². The Morgan fingerprint density at radius 2 is 1.63 bits per heavy atom. The second-order valence-electron chi connectivity index (χ2n) is 8.50. The summed E-state index contributed by atoms with van der Waals surface area (Å²) in [4.78, 5) is 43.4. The Balaban J connectivity index is 1.43. The number of hydrogen-bond acceptors (Lipinski definition) is 6. The molecular formula is C25H23ClN4O5. The van der Waals surface area contributed by atoms with Crippen LogP contribution in [0.2, 0.25) is 5.02 Å². The van der Waals surface area contributed by atoms with Gasteiger partial charge in [-0.1, -0.05) is 54.9 Å². The Bertz CT molecular complexity index is 1270. The molecule has 2 aromatic carbocycles. The minimum Gasteiger partial charge on any atom is -0.493 e. The Morgan fingerprint density at radius 1 is 1.03 bits per heavy atom. The maximum absolute atomic E-state index is 12.9. The van der Waals surface area contributed by atoms with Crippen molar-refractivity contribution >= 4 is 29.4 Å². The Kier molecular flexibility index (Phi) is 6.70. The highest BCUT2D eigenvalue weighted by Crippen LogP contribution is 2.46. The van der Waals surface area contributed by atoms with Crippen LogP contribution < -0.4 is 10.6 Å². The van der Waals surface area contributed by atoms with Crippen molar-refractivity contribution in [1.29, 1.82) is 0 Å². The molecule has 35 heavy (non-hydrogen) atoms. The summed E-state index contributed by atoms with van der Waals surface area (Å²) in [5.74, 6) is -4.17. The smallest absolute Gasteiger partial charge is 0.308 e. The molecule has 0 bridgehead atoms. The zero-order chi connectivity index (χ0) is 25.2. The molecule has 0 spiro atoms. The molecule has 0 saturated heterocycles. The largest absolute Gasteiger partial charge is 0.493 e. The summed E-state index contributed by atoms with van der Waals surface area (Å²) in [7, 11) is 0. The van der Waals surface area contributed by atoms with Crippen LogP contribution in [0.4, 0.5) is 0 Å². The second kappa shape index (κ2) is 9.71. The lowest BCUT2D eigenvalue weighted by Gasteiger charge is -2.19. The summed E-state index contributed by atoms with van der Waals surface area (Å²) in [6.07, 6.45) is 2.55. The van der Waals surface area contributed by atoms with Gasteiger partial charge in [0.25, 0.3) is 11.8 Å². The molecule has 0 aliphatic heterocycles. The zero-order valence-corrected chi connectivity index (χ0v) is 19.5. The molecule has 4 N–H and O–H groups in total. The van der Waals surface area contributed by atoms with Crippen LogP contribution in [0.15, 0.2) is 54.7 Å². The van der Waals surface area contributed by atoms with Crippen LogP contribution in [0, 0.1) is 5.92 Å². The van der Waals surface area contributed by atoms with Crippen molar-refractivity contribution in [1.82, 2.24) is 20.6 Å². The third kappa shape index (κ3) is 5.41. The standard InChI is InChI=1S/C25H23ClN4O5/c1-14(24(34)35)12-28-23(33)20-27-13-19(21(31)29-20)22(32)30-25(10-11-25)17-6-2-15(3-7-17)16-4-8-18(26)9-5-16/h2-9,13-14H,10-12H2,1H3,(H,28,33)(H,30,32)(H,34,35)(H,27,29,31)/t14-/m0/s1. The van der Waals surface area contributed by atoms with Crippen LogP contribution in [-0.4, -0.2) is 44.5 Å². The number of hydrogen-bond donors (Lipinski definition) is 4. The molecule has 0 unspecified atom stereocenters. The summed E-state index contributed by atoms with van der Waals surface area (Å²) in [6.45, 7) is 1.31. The van der Waals surface area contributed by atoms with Crippen molar-refractivity contribution in [3.05, 3.63) is 76.7 Å². The Labute approximate surface area is 206 Å². The maximum Gasteiger partial charge on any atom is 0.308 e. The van der Waals surface area contributed by atoms with E-state index in [2.05, 4.69) is 20.6 Å². The number of amides is 2. The number of aromatic nitrogens is 2. The number of aromatic hydroxyl groups is 1. The summed E-state index contributed by atoms with van der Waals surface area (Å²) >= 11 is 5.96. The number of carboxylic acids is 1. The van der Waals surface area contributed by atoms with E-state index in [1.807, 2.05) is 48.5 Å². The molecule has 1 heterocycles. The van der Waals surface area contributed by atoms with Crippen LogP contribution in [0.25, 0.3) is 11.1 Å². The molecule has 10 heteroatoms. The number of benzene rings is 2. The number of nitrogens with zero attached hydrogens (tertiary/aromatic N) is 2. The minimum absolute atomic E-state index is 0.125. The number of rotatable bonds is 8. The lowest BCUT2D eigenvalue weighted by atomic mass is 9.99. The molecule has 1 fully saturated rings. The van der Waals surface area contributed by atoms with E-state index in [0.29, 0.717) is 5.02 Å². The van der Waals surface area contributed by atoms with Gasteiger partial charge >= 0.3 is 5.97 Å². The number of aliphatic carboxylic acids is 1. The van der Waals surface area contributed by atoms with Crippen molar-refractivity contribution in [2.45, 2.75) is 25.3 Å². The van der Waals surface area contributed by atoms with Gasteiger partial charge in [0.15, 0.2) is 0 Å². The first-order chi connectivity index (χ1) is 16.7. The summed E-state index contributed by atoms with van der Waals surface area (Å²) in [5, 5.41) is 25.1. The molecule has 180 valence electrons. The number of nitrogens with one attached hydrogen (secondary N) is 2. The van der Waals surface area contributed by atoms with E-state index in [9.17, 15) is 19.5 Å². The van der Waals surface area contributed by atoms with Gasteiger partial charge in [-0.3, -0.25) is 14.4 Å². The minimum atomic E-state index is -1.06. The van der Waals surface area contributed by atoms with E-state index >= 15 is 0 Å². The van der Waals surface area contributed by atoms with E-state index in [1.165, 1.54) is 6.92 Å². The van der Waals surface area contributed by atoms with Gasteiger partial charge in [0.2, 0.25) is 11.7 Å². The third-order valence-electron chi connectivity index (χ3n) is 5.92. The van der Waals surface area contributed by atoms with Gasteiger partial charge in [-0.2, -0.15) is 4.98 Å².